The highest BCUT2D eigenvalue weighted by molar-refractivity contribution is 5.46. The maximum absolute atomic E-state index is 10.1. The summed E-state index contributed by atoms with van der Waals surface area (Å²) in [7, 11) is 0. The zero-order valence-corrected chi connectivity index (χ0v) is 6.24. The van der Waals surface area contributed by atoms with Gasteiger partial charge in [-0.2, -0.15) is 0 Å². The molecule has 0 saturated heterocycles. The van der Waals surface area contributed by atoms with Gasteiger partial charge in [-0.3, -0.25) is 0 Å². The number of nitroso groups, excluding NO2 is 1. The normalized spacial score (nSPS) is 9.55. The second-order valence-electron chi connectivity index (χ2n) is 2.30. The minimum atomic E-state index is 0.0963. The molecule has 1 rings (SSSR count). The summed E-state index contributed by atoms with van der Waals surface area (Å²) in [6.07, 6.45) is 0.789. The lowest BCUT2D eigenvalue weighted by molar-refractivity contribution is 0.475. The monoisotopic (exact) mass is 151 g/mol. The van der Waals surface area contributed by atoms with E-state index >= 15 is 0 Å². The zero-order valence-electron chi connectivity index (χ0n) is 6.24. The van der Waals surface area contributed by atoms with Gasteiger partial charge < -0.3 is 5.11 Å². The van der Waals surface area contributed by atoms with Crippen molar-refractivity contribution in [1.29, 1.82) is 0 Å². The van der Waals surface area contributed by atoms with Crippen molar-refractivity contribution < 1.29 is 5.11 Å². The average molecular weight is 151 g/mol. The molecule has 11 heavy (non-hydrogen) atoms. The molecule has 1 aromatic carbocycles. The van der Waals surface area contributed by atoms with Gasteiger partial charge in [-0.15, -0.1) is 4.91 Å². The number of rotatable bonds is 2. The molecule has 0 atom stereocenters. The third-order valence-corrected chi connectivity index (χ3v) is 1.48. The summed E-state index contributed by atoms with van der Waals surface area (Å²) in [6.45, 7) is 1.95. The van der Waals surface area contributed by atoms with Crippen molar-refractivity contribution in [3.8, 4) is 5.75 Å². The van der Waals surface area contributed by atoms with Gasteiger partial charge >= 0.3 is 0 Å². The predicted octanol–water partition coefficient (Wildman–Crippen LogP) is 2.35. The average Bonchev–Trinajstić information content (AvgIpc) is 2.03. The van der Waals surface area contributed by atoms with Gasteiger partial charge in [-0.05, 0) is 29.3 Å². The summed E-state index contributed by atoms with van der Waals surface area (Å²) < 4.78 is 0. The lowest BCUT2D eigenvalue weighted by Gasteiger charge is -1.97. The third-order valence-electron chi connectivity index (χ3n) is 1.48. The maximum Gasteiger partial charge on any atom is 0.118 e. The van der Waals surface area contributed by atoms with Crippen molar-refractivity contribution in [2.45, 2.75) is 13.3 Å². The second kappa shape index (κ2) is 3.14. The Labute approximate surface area is 64.7 Å². The van der Waals surface area contributed by atoms with Crippen LogP contribution in [0.4, 0.5) is 5.69 Å². The molecule has 0 heterocycles. The second-order valence-corrected chi connectivity index (χ2v) is 2.30. The Bertz CT molecular complexity index is 271. The van der Waals surface area contributed by atoms with E-state index in [0.29, 0.717) is 0 Å². The summed E-state index contributed by atoms with van der Waals surface area (Å²) in [5.41, 5.74) is 1.20. The Morgan fingerprint density at radius 2 is 2.18 bits per heavy atom. The number of aryl methyl sites for hydroxylation is 1. The molecule has 0 aliphatic rings. The Morgan fingerprint density at radius 1 is 1.45 bits per heavy atom. The van der Waals surface area contributed by atoms with Crippen LogP contribution in [0, 0.1) is 4.91 Å². The van der Waals surface area contributed by atoms with Crippen LogP contribution < -0.4 is 0 Å². The van der Waals surface area contributed by atoms with Crippen LogP contribution in [-0.2, 0) is 6.42 Å². The van der Waals surface area contributed by atoms with E-state index in [1.165, 1.54) is 6.07 Å². The van der Waals surface area contributed by atoms with Crippen LogP contribution in [0.5, 0.6) is 5.75 Å². The van der Waals surface area contributed by atoms with Gasteiger partial charge in [0.25, 0.3) is 0 Å². The molecular weight excluding hydrogens is 142 g/mol. The standard InChI is InChI=1S/C8H9NO2/c1-2-6-3-7(9-11)5-8(10)4-6/h3-5,10H,2H2,1H3. The first-order valence-electron chi connectivity index (χ1n) is 3.42. The van der Waals surface area contributed by atoms with Gasteiger partial charge in [0.2, 0.25) is 0 Å². The largest absolute Gasteiger partial charge is 0.508 e. The lowest BCUT2D eigenvalue weighted by atomic mass is 10.1. The van der Waals surface area contributed by atoms with E-state index in [1.807, 2.05) is 6.92 Å². The topological polar surface area (TPSA) is 49.7 Å². The summed E-state index contributed by atoms with van der Waals surface area (Å²) in [5, 5.41) is 11.8. The van der Waals surface area contributed by atoms with E-state index in [9.17, 15) is 4.91 Å². The highest BCUT2D eigenvalue weighted by Gasteiger charge is 1.97. The van der Waals surface area contributed by atoms with Gasteiger partial charge in [0.05, 0.1) is 0 Å². The Hall–Kier alpha value is -1.38. The summed E-state index contributed by atoms with van der Waals surface area (Å²) in [4.78, 5) is 10.1. The van der Waals surface area contributed by atoms with Crippen LogP contribution in [-0.4, -0.2) is 5.11 Å². The van der Waals surface area contributed by atoms with Gasteiger partial charge in [-0.1, -0.05) is 6.92 Å². The molecule has 0 aromatic heterocycles. The van der Waals surface area contributed by atoms with Crippen LogP contribution in [0.25, 0.3) is 0 Å². The van der Waals surface area contributed by atoms with Crippen molar-refractivity contribution in [2.24, 2.45) is 5.18 Å². The number of hydrogen-bond donors (Lipinski definition) is 1. The fourth-order valence-electron chi connectivity index (χ4n) is 0.913. The fraction of sp³-hybridized carbons (Fsp3) is 0.250. The van der Waals surface area contributed by atoms with Gasteiger partial charge in [0.15, 0.2) is 0 Å². The van der Waals surface area contributed by atoms with E-state index in [4.69, 9.17) is 5.11 Å². The molecule has 58 valence electrons. The first-order chi connectivity index (χ1) is 5.26. The highest BCUT2D eigenvalue weighted by Crippen LogP contribution is 2.21. The van der Waals surface area contributed by atoms with E-state index in [1.54, 1.807) is 12.1 Å². The highest BCUT2D eigenvalue weighted by atomic mass is 16.3. The molecule has 0 aliphatic carbocycles. The molecule has 0 amide bonds. The summed E-state index contributed by atoms with van der Waals surface area (Å²) in [6, 6.07) is 4.62. The van der Waals surface area contributed by atoms with Gasteiger partial charge in [-0.25, -0.2) is 0 Å². The van der Waals surface area contributed by atoms with Crippen molar-refractivity contribution in [1.82, 2.24) is 0 Å². The minimum absolute atomic E-state index is 0.0963. The smallest absolute Gasteiger partial charge is 0.118 e. The van der Waals surface area contributed by atoms with Crippen molar-refractivity contribution >= 4 is 5.69 Å². The molecule has 0 unspecified atom stereocenters. The van der Waals surface area contributed by atoms with Crippen molar-refractivity contribution in [3.63, 3.8) is 0 Å². The third kappa shape index (κ3) is 1.77. The Balaban J connectivity index is 3.11. The zero-order chi connectivity index (χ0) is 8.27. The number of aromatic hydroxyl groups is 1. The Kier molecular flexibility index (Phi) is 2.21. The van der Waals surface area contributed by atoms with Gasteiger partial charge in [0, 0.05) is 6.07 Å². The van der Waals surface area contributed by atoms with E-state index in [0.717, 1.165) is 12.0 Å². The molecule has 0 saturated carbocycles. The van der Waals surface area contributed by atoms with Crippen molar-refractivity contribution in [2.75, 3.05) is 0 Å². The SMILES string of the molecule is CCc1cc(O)cc(N=O)c1. The Morgan fingerprint density at radius 3 is 2.73 bits per heavy atom. The van der Waals surface area contributed by atoms with E-state index in [-0.39, 0.29) is 11.4 Å². The molecule has 3 heteroatoms. The van der Waals surface area contributed by atoms with Gasteiger partial charge in [0.1, 0.15) is 11.4 Å². The van der Waals surface area contributed by atoms with Crippen LogP contribution >= 0.6 is 0 Å². The quantitative estimate of drug-likeness (QED) is 0.659. The molecule has 3 nitrogen and oxygen atoms in total. The maximum atomic E-state index is 10.1. The summed E-state index contributed by atoms with van der Waals surface area (Å²) in [5.74, 6) is 0.0963. The molecule has 0 spiro atoms. The first-order valence-corrected chi connectivity index (χ1v) is 3.42. The number of hydrogen-bond acceptors (Lipinski definition) is 3. The number of nitrogens with zero attached hydrogens (tertiary/aromatic N) is 1. The molecule has 1 aromatic rings. The molecule has 1 N–H and O–H groups in total. The predicted molar refractivity (Wildman–Crippen MR) is 42.9 cm³/mol. The molecule has 0 aliphatic heterocycles. The molecule has 0 fully saturated rings. The van der Waals surface area contributed by atoms with Crippen LogP contribution in [0.2, 0.25) is 0 Å². The summed E-state index contributed by atoms with van der Waals surface area (Å²) >= 11 is 0. The van der Waals surface area contributed by atoms with Crippen molar-refractivity contribution in [3.05, 3.63) is 28.7 Å². The minimum Gasteiger partial charge on any atom is -0.508 e. The van der Waals surface area contributed by atoms with Crippen LogP contribution in [0.3, 0.4) is 0 Å². The number of phenolic OH excluding ortho intramolecular Hbond substituents is 1. The number of benzene rings is 1. The first kappa shape index (κ1) is 7.72. The molecule has 0 bridgehead atoms. The fourth-order valence-corrected chi connectivity index (χ4v) is 0.913. The lowest BCUT2D eigenvalue weighted by Crippen LogP contribution is -1.77. The number of phenols is 1. The van der Waals surface area contributed by atoms with E-state index < -0.39 is 0 Å². The van der Waals surface area contributed by atoms with E-state index in [2.05, 4.69) is 5.18 Å². The van der Waals surface area contributed by atoms with Crippen LogP contribution in [0.15, 0.2) is 23.4 Å². The molecule has 0 radical (unpaired) electrons. The van der Waals surface area contributed by atoms with Crippen LogP contribution in [0.1, 0.15) is 12.5 Å². The molecular formula is C8H9NO2.